The molecule has 1 rings (SSSR count). The molecule has 2 heteroatoms. The van der Waals surface area contributed by atoms with Gasteiger partial charge >= 0.3 is 0 Å². The van der Waals surface area contributed by atoms with Crippen molar-refractivity contribution >= 4 is 0 Å². The highest BCUT2D eigenvalue weighted by Crippen LogP contribution is 2.35. The SMILES string of the molecule is CC(C)(C)NC1CC(CC(C)(C)NC(C)(C)C)C1. The Balaban J connectivity index is 2.31. The molecule has 0 amide bonds. The summed E-state index contributed by atoms with van der Waals surface area (Å²) in [5.74, 6) is 0.884. The molecule has 2 nitrogen and oxygen atoms in total. The van der Waals surface area contributed by atoms with Crippen molar-refractivity contribution in [1.29, 1.82) is 0 Å². The second kappa shape index (κ2) is 5.13. The Labute approximate surface area is 114 Å². The summed E-state index contributed by atoms with van der Waals surface area (Å²) >= 11 is 0. The van der Waals surface area contributed by atoms with Crippen LogP contribution in [0.4, 0.5) is 0 Å². The second-order valence-electron chi connectivity index (χ2n) is 8.89. The van der Waals surface area contributed by atoms with E-state index in [4.69, 9.17) is 0 Å². The third-order valence-electron chi connectivity index (χ3n) is 3.39. The first kappa shape index (κ1) is 16.0. The minimum atomic E-state index is 0.205. The molecule has 0 radical (unpaired) electrons. The van der Waals surface area contributed by atoms with Crippen molar-refractivity contribution in [2.75, 3.05) is 0 Å². The van der Waals surface area contributed by atoms with Crippen LogP contribution in [-0.2, 0) is 0 Å². The van der Waals surface area contributed by atoms with Gasteiger partial charge in [-0.3, -0.25) is 0 Å². The van der Waals surface area contributed by atoms with Crippen LogP contribution in [0.15, 0.2) is 0 Å². The van der Waals surface area contributed by atoms with Gasteiger partial charge in [0.25, 0.3) is 0 Å². The molecule has 0 aliphatic heterocycles. The Morgan fingerprint density at radius 1 is 0.833 bits per heavy atom. The lowest BCUT2D eigenvalue weighted by atomic mass is 9.72. The third-order valence-corrected chi connectivity index (χ3v) is 3.39. The Morgan fingerprint density at radius 3 is 1.72 bits per heavy atom. The van der Waals surface area contributed by atoms with Gasteiger partial charge < -0.3 is 10.6 Å². The molecule has 18 heavy (non-hydrogen) atoms. The van der Waals surface area contributed by atoms with Crippen LogP contribution in [0.5, 0.6) is 0 Å². The zero-order valence-corrected chi connectivity index (χ0v) is 13.8. The quantitative estimate of drug-likeness (QED) is 0.799. The van der Waals surface area contributed by atoms with Crippen LogP contribution >= 0.6 is 0 Å². The maximum Gasteiger partial charge on any atom is 0.0132 e. The number of nitrogens with one attached hydrogen (secondary N) is 2. The van der Waals surface area contributed by atoms with Gasteiger partial charge in [0.1, 0.15) is 0 Å². The van der Waals surface area contributed by atoms with E-state index in [1.54, 1.807) is 0 Å². The first-order valence-electron chi connectivity index (χ1n) is 7.43. The Bertz CT molecular complexity index is 262. The minimum absolute atomic E-state index is 0.205. The molecule has 2 N–H and O–H groups in total. The lowest BCUT2D eigenvalue weighted by molar-refractivity contribution is 0.133. The van der Waals surface area contributed by atoms with Gasteiger partial charge in [0, 0.05) is 22.7 Å². The van der Waals surface area contributed by atoms with Crippen LogP contribution in [-0.4, -0.2) is 22.7 Å². The van der Waals surface area contributed by atoms with E-state index >= 15 is 0 Å². The fraction of sp³-hybridized carbons (Fsp3) is 1.00. The van der Waals surface area contributed by atoms with E-state index in [2.05, 4.69) is 66.0 Å². The Kier molecular flexibility index (Phi) is 4.55. The van der Waals surface area contributed by atoms with Crippen LogP contribution < -0.4 is 10.6 Å². The van der Waals surface area contributed by atoms with Gasteiger partial charge in [-0.25, -0.2) is 0 Å². The first-order valence-corrected chi connectivity index (χ1v) is 7.43. The van der Waals surface area contributed by atoms with Gasteiger partial charge in [-0.15, -0.1) is 0 Å². The summed E-state index contributed by atoms with van der Waals surface area (Å²) in [6.07, 6.45) is 3.96. The standard InChI is InChI=1S/C16H34N2/c1-14(2,3)17-13-9-12(10-13)11-16(7,8)18-15(4,5)6/h12-13,17-18H,9-11H2,1-8H3. The van der Waals surface area contributed by atoms with Crippen molar-refractivity contribution in [2.24, 2.45) is 5.92 Å². The average Bonchev–Trinajstić information content (AvgIpc) is 1.91. The summed E-state index contributed by atoms with van der Waals surface area (Å²) in [5, 5.41) is 7.44. The topological polar surface area (TPSA) is 24.1 Å². The smallest absolute Gasteiger partial charge is 0.0132 e. The summed E-state index contributed by atoms with van der Waals surface area (Å²) in [6, 6.07) is 0.737. The maximum absolute atomic E-state index is 3.74. The van der Waals surface area contributed by atoms with E-state index in [9.17, 15) is 0 Å². The largest absolute Gasteiger partial charge is 0.309 e. The van der Waals surface area contributed by atoms with E-state index in [0.29, 0.717) is 0 Å². The molecule has 1 saturated carbocycles. The molecular weight excluding hydrogens is 220 g/mol. The van der Waals surface area contributed by atoms with Gasteiger partial charge in [-0.1, -0.05) is 0 Å². The molecule has 1 aliphatic rings. The van der Waals surface area contributed by atoms with Crippen LogP contribution in [0.25, 0.3) is 0 Å². The van der Waals surface area contributed by atoms with Crippen LogP contribution in [0.3, 0.4) is 0 Å². The molecule has 108 valence electrons. The number of rotatable bonds is 4. The average molecular weight is 254 g/mol. The fourth-order valence-electron chi connectivity index (χ4n) is 3.42. The van der Waals surface area contributed by atoms with E-state index in [1.807, 2.05) is 0 Å². The van der Waals surface area contributed by atoms with Crippen molar-refractivity contribution in [3.8, 4) is 0 Å². The van der Waals surface area contributed by atoms with E-state index in [-0.39, 0.29) is 16.6 Å². The zero-order valence-electron chi connectivity index (χ0n) is 13.8. The zero-order chi connectivity index (χ0) is 14.2. The second-order valence-corrected chi connectivity index (χ2v) is 8.89. The summed E-state index contributed by atoms with van der Waals surface area (Å²) in [5.41, 5.74) is 0.709. The van der Waals surface area contributed by atoms with Gasteiger partial charge in [-0.2, -0.15) is 0 Å². The van der Waals surface area contributed by atoms with E-state index in [1.165, 1.54) is 19.3 Å². The van der Waals surface area contributed by atoms with Crippen molar-refractivity contribution in [3.05, 3.63) is 0 Å². The predicted octanol–water partition coefficient (Wildman–Crippen LogP) is 3.71. The summed E-state index contributed by atoms with van der Waals surface area (Å²) in [6.45, 7) is 18.2. The molecule has 0 aromatic heterocycles. The Morgan fingerprint density at radius 2 is 1.33 bits per heavy atom. The van der Waals surface area contributed by atoms with Crippen LogP contribution in [0, 0.1) is 5.92 Å². The molecule has 0 spiro atoms. The highest BCUT2D eigenvalue weighted by molar-refractivity contribution is 4.95. The van der Waals surface area contributed by atoms with Gasteiger partial charge in [-0.05, 0) is 80.6 Å². The van der Waals surface area contributed by atoms with Gasteiger partial charge in [0.2, 0.25) is 0 Å². The highest BCUT2D eigenvalue weighted by Gasteiger charge is 2.36. The molecule has 1 aliphatic carbocycles. The lowest BCUT2D eigenvalue weighted by Crippen LogP contribution is -2.55. The molecule has 0 unspecified atom stereocenters. The van der Waals surface area contributed by atoms with E-state index in [0.717, 1.165) is 12.0 Å². The molecular formula is C16H34N2. The van der Waals surface area contributed by atoms with Gasteiger partial charge in [0.15, 0.2) is 0 Å². The summed E-state index contributed by atoms with van der Waals surface area (Å²) < 4.78 is 0. The molecule has 0 heterocycles. The fourth-order valence-corrected chi connectivity index (χ4v) is 3.42. The highest BCUT2D eigenvalue weighted by atomic mass is 15.0. The molecule has 0 aromatic carbocycles. The summed E-state index contributed by atoms with van der Waals surface area (Å²) in [7, 11) is 0. The molecule has 0 aromatic rings. The lowest BCUT2D eigenvalue weighted by Gasteiger charge is -2.45. The van der Waals surface area contributed by atoms with Crippen LogP contribution in [0.1, 0.15) is 74.7 Å². The predicted molar refractivity (Wildman–Crippen MR) is 81.0 cm³/mol. The first-order chi connectivity index (χ1) is 7.86. The number of hydrogen-bond donors (Lipinski definition) is 2. The van der Waals surface area contributed by atoms with Crippen LogP contribution in [0.2, 0.25) is 0 Å². The number of hydrogen-bond acceptors (Lipinski definition) is 2. The monoisotopic (exact) mass is 254 g/mol. The third kappa shape index (κ3) is 6.19. The normalized spacial score (nSPS) is 26.0. The van der Waals surface area contributed by atoms with Crippen molar-refractivity contribution < 1.29 is 0 Å². The van der Waals surface area contributed by atoms with Crippen molar-refractivity contribution in [2.45, 2.75) is 97.3 Å². The van der Waals surface area contributed by atoms with Gasteiger partial charge in [0.05, 0.1) is 0 Å². The minimum Gasteiger partial charge on any atom is -0.309 e. The molecule has 0 atom stereocenters. The molecule has 0 bridgehead atoms. The molecule has 0 saturated heterocycles. The Hall–Kier alpha value is -0.0800. The van der Waals surface area contributed by atoms with E-state index < -0.39 is 0 Å². The maximum atomic E-state index is 3.74. The van der Waals surface area contributed by atoms with Crippen molar-refractivity contribution in [3.63, 3.8) is 0 Å². The van der Waals surface area contributed by atoms with Crippen molar-refractivity contribution in [1.82, 2.24) is 10.6 Å². The molecule has 1 fully saturated rings. The summed E-state index contributed by atoms with van der Waals surface area (Å²) in [4.78, 5) is 0.